The first-order valence-electron chi connectivity index (χ1n) is 6.02. The largest absolute Gasteiger partial charge is 0.309 e. The van der Waals surface area contributed by atoms with Crippen LogP contribution in [0.2, 0.25) is 10.0 Å². The van der Waals surface area contributed by atoms with E-state index >= 15 is 0 Å². The zero-order valence-electron chi connectivity index (χ0n) is 10.4. The SMILES string of the molecule is CCNC(Cc1ccc(Br)cc1Cl)c1sccc1Cl. The molecule has 1 atom stereocenters. The van der Waals surface area contributed by atoms with Crippen LogP contribution in [0.25, 0.3) is 0 Å². The molecule has 1 heterocycles. The Bertz CT molecular complexity index is 556. The second kappa shape index (κ2) is 7.09. The Kier molecular flexibility index (Phi) is 5.72. The Labute approximate surface area is 136 Å². The van der Waals surface area contributed by atoms with Crippen molar-refractivity contribution in [3.63, 3.8) is 0 Å². The highest BCUT2D eigenvalue weighted by atomic mass is 79.9. The maximum atomic E-state index is 6.29. The van der Waals surface area contributed by atoms with Gasteiger partial charge in [-0.25, -0.2) is 0 Å². The average molecular weight is 379 g/mol. The van der Waals surface area contributed by atoms with Gasteiger partial charge in [0, 0.05) is 20.4 Å². The number of halogens is 3. The summed E-state index contributed by atoms with van der Waals surface area (Å²) in [7, 11) is 0. The Morgan fingerprint density at radius 2 is 2.05 bits per heavy atom. The molecule has 0 radical (unpaired) electrons. The molecule has 0 bridgehead atoms. The van der Waals surface area contributed by atoms with Gasteiger partial charge in [-0.15, -0.1) is 11.3 Å². The van der Waals surface area contributed by atoms with Crippen molar-refractivity contribution >= 4 is 50.5 Å². The number of rotatable bonds is 5. The predicted molar refractivity (Wildman–Crippen MR) is 88.6 cm³/mol. The summed E-state index contributed by atoms with van der Waals surface area (Å²) in [6.45, 7) is 2.99. The van der Waals surface area contributed by atoms with Gasteiger partial charge in [-0.05, 0) is 42.1 Å². The van der Waals surface area contributed by atoms with E-state index in [4.69, 9.17) is 23.2 Å². The summed E-state index contributed by atoms with van der Waals surface area (Å²) in [6.07, 6.45) is 0.834. The highest BCUT2D eigenvalue weighted by Crippen LogP contribution is 2.32. The molecule has 1 nitrogen and oxygen atoms in total. The van der Waals surface area contributed by atoms with Gasteiger partial charge < -0.3 is 5.32 Å². The second-order valence-corrected chi connectivity index (χ2v) is 6.86. The molecular formula is C14H14BrCl2NS. The summed E-state index contributed by atoms with van der Waals surface area (Å²) in [4.78, 5) is 1.17. The summed E-state index contributed by atoms with van der Waals surface area (Å²) in [5, 5.41) is 7.10. The fourth-order valence-corrected chi connectivity index (χ4v) is 3.98. The predicted octanol–water partition coefficient (Wildman–Crippen LogP) is 5.71. The third kappa shape index (κ3) is 3.96. The van der Waals surface area contributed by atoms with Gasteiger partial charge in [0.25, 0.3) is 0 Å². The van der Waals surface area contributed by atoms with E-state index in [-0.39, 0.29) is 6.04 Å². The maximum Gasteiger partial charge on any atom is 0.0561 e. The van der Waals surface area contributed by atoms with Crippen molar-refractivity contribution in [3.05, 3.63) is 54.6 Å². The lowest BCUT2D eigenvalue weighted by Gasteiger charge is -2.18. The highest BCUT2D eigenvalue weighted by molar-refractivity contribution is 9.10. The van der Waals surface area contributed by atoms with Gasteiger partial charge >= 0.3 is 0 Å². The molecule has 102 valence electrons. The van der Waals surface area contributed by atoms with E-state index in [1.54, 1.807) is 11.3 Å². The van der Waals surface area contributed by atoms with Gasteiger partial charge in [0.05, 0.1) is 5.02 Å². The molecular weight excluding hydrogens is 365 g/mol. The van der Waals surface area contributed by atoms with E-state index < -0.39 is 0 Å². The van der Waals surface area contributed by atoms with Crippen LogP contribution in [-0.2, 0) is 6.42 Å². The average Bonchev–Trinajstić information content (AvgIpc) is 2.78. The van der Waals surface area contributed by atoms with Crippen LogP contribution in [0.5, 0.6) is 0 Å². The first kappa shape index (κ1) is 15.3. The van der Waals surface area contributed by atoms with Gasteiger partial charge in [-0.3, -0.25) is 0 Å². The van der Waals surface area contributed by atoms with Crippen LogP contribution in [0.1, 0.15) is 23.4 Å². The molecule has 0 saturated carbocycles. The molecule has 0 aliphatic carbocycles. The van der Waals surface area contributed by atoms with Gasteiger partial charge in [0.2, 0.25) is 0 Å². The minimum absolute atomic E-state index is 0.205. The van der Waals surface area contributed by atoms with Crippen molar-refractivity contribution < 1.29 is 0 Å². The number of benzene rings is 1. The van der Waals surface area contributed by atoms with E-state index in [0.29, 0.717) is 0 Å². The molecule has 0 aliphatic heterocycles. The highest BCUT2D eigenvalue weighted by Gasteiger charge is 2.17. The summed E-state index contributed by atoms with van der Waals surface area (Å²) in [5.41, 5.74) is 1.13. The van der Waals surface area contributed by atoms with Crippen molar-refractivity contribution in [1.29, 1.82) is 0 Å². The second-order valence-electron chi connectivity index (χ2n) is 4.18. The number of hydrogen-bond acceptors (Lipinski definition) is 2. The third-order valence-electron chi connectivity index (χ3n) is 2.85. The summed E-state index contributed by atoms with van der Waals surface area (Å²) >= 11 is 17.6. The maximum absolute atomic E-state index is 6.29. The lowest BCUT2D eigenvalue weighted by atomic mass is 10.0. The number of hydrogen-bond donors (Lipinski definition) is 1. The fourth-order valence-electron chi connectivity index (χ4n) is 1.97. The number of nitrogens with one attached hydrogen (secondary N) is 1. The molecule has 5 heteroatoms. The standard InChI is InChI=1S/C14H14BrCl2NS/c1-2-18-13(14-11(16)5-6-19-14)7-9-3-4-10(15)8-12(9)17/h3-6,8,13,18H,2,7H2,1H3. The first-order valence-corrected chi connectivity index (χ1v) is 8.45. The zero-order chi connectivity index (χ0) is 13.8. The van der Waals surface area contributed by atoms with Crippen LogP contribution in [0.3, 0.4) is 0 Å². The Morgan fingerprint density at radius 3 is 2.63 bits per heavy atom. The number of thiophene rings is 1. The normalized spacial score (nSPS) is 12.6. The van der Waals surface area contributed by atoms with Crippen molar-refractivity contribution in [2.45, 2.75) is 19.4 Å². The fraction of sp³-hybridized carbons (Fsp3) is 0.286. The van der Waals surface area contributed by atoms with Crippen molar-refractivity contribution in [2.75, 3.05) is 6.54 Å². The third-order valence-corrected chi connectivity index (χ3v) is 5.17. The van der Waals surface area contributed by atoms with Crippen LogP contribution >= 0.6 is 50.5 Å². The summed E-state index contributed by atoms with van der Waals surface area (Å²) in [6, 6.07) is 8.14. The molecule has 1 unspecified atom stereocenters. The quantitative estimate of drug-likeness (QED) is 0.702. The molecule has 1 aromatic heterocycles. The lowest BCUT2D eigenvalue weighted by molar-refractivity contribution is 0.558. The Balaban J connectivity index is 2.24. The van der Waals surface area contributed by atoms with E-state index in [2.05, 4.69) is 34.2 Å². The Hall–Kier alpha value is -0.0600. The van der Waals surface area contributed by atoms with E-state index in [9.17, 15) is 0 Å². The van der Waals surface area contributed by atoms with Gasteiger partial charge in [-0.2, -0.15) is 0 Å². The monoisotopic (exact) mass is 377 g/mol. The van der Waals surface area contributed by atoms with Gasteiger partial charge in [0.15, 0.2) is 0 Å². The van der Waals surface area contributed by atoms with E-state index in [1.165, 1.54) is 4.88 Å². The van der Waals surface area contributed by atoms with Crippen LogP contribution in [-0.4, -0.2) is 6.54 Å². The molecule has 19 heavy (non-hydrogen) atoms. The first-order chi connectivity index (χ1) is 9.11. The lowest BCUT2D eigenvalue weighted by Crippen LogP contribution is -2.22. The van der Waals surface area contributed by atoms with Crippen molar-refractivity contribution in [2.24, 2.45) is 0 Å². The molecule has 2 aromatic rings. The van der Waals surface area contributed by atoms with E-state index in [0.717, 1.165) is 33.0 Å². The molecule has 0 saturated heterocycles. The smallest absolute Gasteiger partial charge is 0.0561 e. The minimum Gasteiger partial charge on any atom is -0.309 e. The van der Waals surface area contributed by atoms with Crippen molar-refractivity contribution in [1.82, 2.24) is 5.32 Å². The van der Waals surface area contributed by atoms with Crippen LogP contribution < -0.4 is 5.32 Å². The summed E-state index contributed by atoms with van der Waals surface area (Å²) in [5.74, 6) is 0. The minimum atomic E-state index is 0.205. The molecule has 1 aromatic carbocycles. The van der Waals surface area contributed by atoms with Crippen LogP contribution in [0.4, 0.5) is 0 Å². The van der Waals surface area contributed by atoms with Crippen LogP contribution in [0.15, 0.2) is 34.1 Å². The van der Waals surface area contributed by atoms with Crippen LogP contribution in [0, 0.1) is 0 Å². The molecule has 0 amide bonds. The molecule has 2 rings (SSSR count). The molecule has 0 spiro atoms. The number of likely N-dealkylation sites (N-methyl/N-ethyl adjacent to an activating group) is 1. The summed E-state index contributed by atoms with van der Waals surface area (Å²) < 4.78 is 0.996. The van der Waals surface area contributed by atoms with Crippen molar-refractivity contribution in [3.8, 4) is 0 Å². The Morgan fingerprint density at radius 1 is 1.26 bits per heavy atom. The van der Waals surface area contributed by atoms with Gasteiger partial charge in [-0.1, -0.05) is 52.1 Å². The molecule has 0 fully saturated rings. The zero-order valence-corrected chi connectivity index (χ0v) is 14.3. The molecule has 0 aliphatic rings. The topological polar surface area (TPSA) is 12.0 Å². The van der Waals surface area contributed by atoms with Gasteiger partial charge in [0.1, 0.15) is 0 Å². The van der Waals surface area contributed by atoms with E-state index in [1.807, 2.05) is 23.6 Å². The molecule has 1 N–H and O–H groups in total.